The van der Waals surface area contributed by atoms with Crippen LogP contribution in [0.1, 0.15) is 17.0 Å². The maximum atomic E-state index is 13.8. The minimum atomic E-state index is -4.25. The van der Waals surface area contributed by atoms with E-state index in [0.717, 1.165) is 15.9 Å². The van der Waals surface area contributed by atoms with Gasteiger partial charge >= 0.3 is 0 Å². The highest BCUT2D eigenvalue weighted by Crippen LogP contribution is 2.34. The van der Waals surface area contributed by atoms with Crippen LogP contribution in [0.3, 0.4) is 0 Å². The number of hydrogen-bond donors (Lipinski definition) is 2. The van der Waals surface area contributed by atoms with Gasteiger partial charge in [0.1, 0.15) is 5.82 Å². The van der Waals surface area contributed by atoms with Crippen molar-refractivity contribution in [1.29, 1.82) is 0 Å². The summed E-state index contributed by atoms with van der Waals surface area (Å²) in [7, 11) is -0.321. The van der Waals surface area contributed by atoms with Crippen LogP contribution in [-0.2, 0) is 16.4 Å². The van der Waals surface area contributed by atoms with Gasteiger partial charge in [-0.25, -0.2) is 9.82 Å². The Balaban J connectivity index is 1.32. The number of sulfonamides is 1. The van der Waals surface area contributed by atoms with Gasteiger partial charge in [0.25, 0.3) is 15.6 Å². The number of halogens is 3. The molecule has 6 rings (SSSR count). The molecule has 0 spiro atoms. The number of para-hydroxylation sites is 2. The van der Waals surface area contributed by atoms with Gasteiger partial charge in [0.2, 0.25) is 0 Å². The van der Waals surface area contributed by atoms with Gasteiger partial charge in [-0.3, -0.25) is 9.79 Å². The third-order valence-corrected chi connectivity index (χ3v) is 9.80. The SMILES string of the molecule is CN(C)c1ccc(C=Nc2ccc(S(=O)(=O)Nn3c(Cc4ccccc4Nc4c(Cl)cccc4Cl)nc4cc(Cl)ccc4c3=O)cc2)cc1. The van der Waals surface area contributed by atoms with E-state index in [1.54, 1.807) is 48.7 Å². The van der Waals surface area contributed by atoms with Crippen molar-refractivity contribution in [1.82, 2.24) is 9.66 Å². The predicted octanol–water partition coefficient (Wildman–Crippen LogP) is 8.44. The highest BCUT2D eigenvalue weighted by Gasteiger charge is 2.21. The molecule has 0 atom stereocenters. The van der Waals surface area contributed by atoms with Crippen LogP contribution in [0.15, 0.2) is 124 Å². The highest BCUT2D eigenvalue weighted by molar-refractivity contribution is 7.92. The second-order valence-corrected chi connectivity index (χ2v) is 14.1. The Morgan fingerprint density at radius 2 is 1.55 bits per heavy atom. The third-order valence-electron chi connectivity index (χ3n) is 7.62. The van der Waals surface area contributed by atoms with Crippen LogP contribution < -0.4 is 20.6 Å². The standard InChI is InChI=1S/C36H29Cl3N6O3S/c1-44(2)27-15-10-23(11-16-27)22-40-26-13-17-28(18-14-26)49(47,48)43-45-34(41-33-21-25(37)12-19-29(33)36(45)46)20-24-6-3-4-9-32(24)42-35-30(38)7-5-8-31(35)39/h3-19,21-22,42-43H,20H2,1-2H3. The predicted molar refractivity (Wildman–Crippen MR) is 201 cm³/mol. The summed E-state index contributed by atoms with van der Waals surface area (Å²) in [6.07, 6.45) is 1.75. The Morgan fingerprint density at radius 3 is 2.24 bits per heavy atom. The summed E-state index contributed by atoms with van der Waals surface area (Å²) in [5.74, 6) is 0.129. The number of fused-ring (bicyclic) bond motifs is 1. The van der Waals surface area contributed by atoms with Crippen molar-refractivity contribution in [3.05, 3.63) is 152 Å². The van der Waals surface area contributed by atoms with E-state index in [9.17, 15) is 13.2 Å². The molecule has 2 N–H and O–H groups in total. The van der Waals surface area contributed by atoms with E-state index >= 15 is 0 Å². The summed E-state index contributed by atoms with van der Waals surface area (Å²) in [6.45, 7) is 0. The van der Waals surface area contributed by atoms with Gasteiger partial charge in [0.15, 0.2) is 0 Å². The summed E-state index contributed by atoms with van der Waals surface area (Å²) in [5.41, 5.74) is 4.06. The van der Waals surface area contributed by atoms with Gasteiger partial charge in [-0.1, -0.05) is 71.2 Å². The molecule has 0 unspecified atom stereocenters. The molecule has 6 aromatic rings. The lowest BCUT2D eigenvalue weighted by atomic mass is 10.1. The fourth-order valence-electron chi connectivity index (χ4n) is 5.03. The minimum Gasteiger partial charge on any atom is -0.378 e. The zero-order valence-corrected chi connectivity index (χ0v) is 29.3. The average Bonchev–Trinajstić information content (AvgIpc) is 3.08. The smallest absolute Gasteiger partial charge is 0.280 e. The molecular formula is C36H29Cl3N6O3S. The molecule has 49 heavy (non-hydrogen) atoms. The lowest BCUT2D eigenvalue weighted by molar-refractivity contribution is 0.592. The van der Waals surface area contributed by atoms with Crippen LogP contribution in [0.25, 0.3) is 10.9 Å². The van der Waals surface area contributed by atoms with Gasteiger partial charge in [-0.15, -0.1) is 0 Å². The summed E-state index contributed by atoms with van der Waals surface area (Å²) in [6, 6.07) is 31.0. The average molecular weight is 732 g/mol. The van der Waals surface area contributed by atoms with Crippen molar-refractivity contribution < 1.29 is 8.42 Å². The van der Waals surface area contributed by atoms with Crippen molar-refractivity contribution in [3.8, 4) is 0 Å². The van der Waals surface area contributed by atoms with Gasteiger partial charge in [0, 0.05) is 43.1 Å². The second-order valence-electron chi connectivity index (χ2n) is 11.2. The lowest BCUT2D eigenvalue weighted by Gasteiger charge is -2.18. The molecule has 9 nitrogen and oxygen atoms in total. The molecule has 13 heteroatoms. The molecule has 5 aromatic carbocycles. The monoisotopic (exact) mass is 730 g/mol. The van der Waals surface area contributed by atoms with Crippen LogP contribution in [0.5, 0.6) is 0 Å². The molecule has 0 fully saturated rings. The first-order chi connectivity index (χ1) is 23.5. The first-order valence-electron chi connectivity index (χ1n) is 14.9. The maximum Gasteiger partial charge on any atom is 0.280 e. The Kier molecular flexibility index (Phi) is 9.94. The first kappa shape index (κ1) is 34.0. The van der Waals surface area contributed by atoms with Crippen LogP contribution in [0, 0.1) is 0 Å². The number of hydrogen-bond acceptors (Lipinski definition) is 7. The van der Waals surface area contributed by atoms with Crippen LogP contribution in [0.4, 0.5) is 22.7 Å². The molecule has 0 bridgehead atoms. The number of aliphatic imine (C=N–C) groups is 1. The Bertz CT molecular complexity index is 2340. The van der Waals surface area contributed by atoms with E-state index in [-0.39, 0.29) is 22.5 Å². The number of nitrogens with one attached hydrogen (secondary N) is 2. The highest BCUT2D eigenvalue weighted by atomic mass is 35.5. The van der Waals surface area contributed by atoms with Crippen LogP contribution in [-0.4, -0.2) is 38.4 Å². The summed E-state index contributed by atoms with van der Waals surface area (Å²) in [5, 5.41) is 4.67. The minimum absolute atomic E-state index is 0.0502. The van der Waals surface area contributed by atoms with E-state index in [2.05, 4.69) is 20.1 Å². The van der Waals surface area contributed by atoms with Crippen molar-refractivity contribution in [3.63, 3.8) is 0 Å². The van der Waals surface area contributed by atoms with Crippen molar-refractivity contribution in [2.45, 2.75) is 11.3 Å². The van der Waals surface area contributed by atoms with Crippen LogP contribution >= 0.6 is 34.8 Å². The molecule has 0 saturated carbocycles. The summed E-state index contributed by atoms with van der Waals surface area (Å²) >= 11 is 19.1. The Morgan fingerprint density at radius 1 is 0.857 bits per heavy atom. The van der Waals surface area contributed by atoms with Crippen molar-refractivity contribution in [2.24, 2.45) is 4.99 Å². The van der Waals surface area contributed by atoms with Gasteiger partial charge in [-0.2, -0.15) is 13.1 Å². The van der Waals surface area contributed by atoms with Gasteiger partial charge in [-0.05, 0) is 83.9 Å². The van der Waals surface area contributed by atoms with E-state index in [1.807, 2.05) is 67.5 Å². The first-order valence-corrected chi connectivity index (χ1v) is 17.5. The van der Waals surface area contributed by atoms with Crippen LogP contribution in [0.2, 0.25) is 15.1 Å². The zero-order valence-electron chi connectivity index (χ0n) is 26.2. The normalized spacial score (nSPS) is 11.6. The van der Waals surface area contributed by atoms with Gasteiger partial charge in [0.05, 0.1) is 37.2 Å². The molecule has 0 saturated heterocycles. The van der Waals surface area contributed by atoms with E-state index in [0.29, 0.717) is 43.2 Å². The number of aromatic nitrogens is 2. The largest absolute Gasteiger partial charge is 0.378 e. The molecule has 0 aliphatic rings. The quantitative estimate of drug-likeness (QED) is 0.137. The lowest BCUT2D eigenvalue weighted by Crippen LogP contribution is -2.36. The molecule has 0 radical (unpaired) electrons. The van der Waals surface area contributed by atoms with E-state index in [1.165, 1.54) is 18.2 Å². The molecule has 0 aliphatic heterocycles. The van der Waals surface area contributed by atoms with Crippen molar-refractivity contribution in [2.75, 3.05) is 29.1 Å². The maximum absolute atomic E-state index is 13.8. The number of benzene rings is 5. The number of anilines is 3. The third kappa shape index (κ3) is 7.73. The molecule has 0 aliphatic carbocycles. The summed E-state index contributed by atoms with van der Waals surface area (Å²) in [4.78, 5) is 27.4. The molecule has 248 valence electrons. The number of nitrogens with zero attached hydrogens (tertiary/aromatic N) is 4. The van der Waals surface area contributed by atoms with Gasteiger partial charge < -0.3 is 10.2 Å². The molecule has 0 amide bonds. The van der Waals surface area contributed by atoms with E-state index < -0.39 is 15.6 Å². The second kappa shape index (κ2) is 14.3. The summed E-state index contributed by atoms with van der Waals surface area (Å²) < 4.78 is 28.4. The fraction of sp³-hybridized carbons (Fsp3) is 0.0833. The van der Waals surface area contributed by atoms with E-state index in [4.69, 9.17) is 34.8 Å². The molecule has 1 heterocycles. The van der Waals surface area contributed by atoms with Crippen molar-refractivity contribution >= 4 is 84.7 Å². The number of rotatable bonds is 10. The molecule has 1 aromatic heterocycles. The Labute approximate surface area is 298 Å². The topological polar surface area (TPSA) is 109 Å². The zero-order chi connectivity index (χ0) is 34.7. The molecular weight excluding hydrogens is 703 g/mol. The fourth-order valence-corrected chi connectivity index (χ4v) is 6.71. The Hall–Kier alpha value is -4.87.